The van der Waals surface area contributed by atoms with E-state index in [2.05, 4.69) is 46.8 Å². The van der Waals surface area contributed by atoms with Crippen LogP contribution >= 0.6 is 11.3 Å². The van der Waals surface area contributed by atoms with Crippen molar-refractivity contribution in [3.8, 4) is 10.6 Å². The number of amides is 2. The van der Waals surface area contributed by atoms with Crippen LogP contribution in [-0.4, -0.2) is 17.6 Å². The molecule has 0 saturated heterocycles. The third-order valence-corrected chi connectivity index (χ3v) is 5.64. The average Bonchev–Trinajstić information content (AvgIpc) is 3.05. The highest BCUT2D eigenvalue weighted by Crippen LogP contribution is 2.29. The number of nitrogens with zero attached hydrogens (tertiary/aromatic N) is 1. The quantitative estimate of drug-likeness (QED) is 0.576. The Balaban J connectivity index is 1.46. The molecule has 3 aromatic rings. The highest BCUT2D eigenvalue weighted by molar-refractivity contribution is 7.15. The fourth-order valence-electron chi connectivity index (χ4n) is 2.88. The van der Waals surface area contributed by atoms with Crippen LogP contribution in [0.2, 0.25) is 0 Å². The first-order chi connectivity index (χ1) is 13.1. The number of aromatic nitrogens is 1. The zero-order valence-corrected chi connectivity index (χ0v) is 16.6. The number of thiazole rings is 1. The summed E-state index contributed by atoms with van der Waals surface area (Å²) < 4.78 is 0. The Morgan fingerprint density at radius 3 is 2.52 bits per heavy atom. The van der Waals surface area contributed by atoms with Crippen LogP contribution in [-0.2, 0) is 13.0 Å². The van der Waals surface area contributed by atoms with E-state index in [1.54, 1.807) is 11.3 Å². The lowest BCUT2D eigenvalue weighted by Gasteiger charge is -2.07. The first-order valence-corrected chi connectivity index (χ1v) is 10.0. The second kappa shape index (κ2) is 9.33. The number of benzene rings is 2. The van der Waals surface area contributed by atoms with Crippen LogP contribution in [0.15, 0.2) is 54.6 Å². The summed E-state index contributed by atoms with van der Waals surface area (Å²) in [7, 11) is 0. The number of aryl methyl sites for hydroxylation is 3. The summed E-state index contributed by atoms with van der Waals surface area (Å²) in [5.74, 6) is 0. The minimum absolute atomic E-state index is 0.131. The van der Waals surface area contributed by atoms with Gasteiger partial charge in [0.25, 0.3) is 0 Å². The molecule has 5 heteroatoms. The predicted molar refractivity (Wildman–Crippen MR) is 112 cm³/mol. The monoisotopic (exact) mass is 379 g/mol. The Kier molecular flexibility index (Phi) is 6.60. The van der Waals surface area contributed by atoms with Gasteiger partial charge in [-0.2, -0.15) is 0 Å². The molecule has 3 rings (SSSR count). The first kappa shape index (κ1) is 19.1. The van der Waals surface area contributed by atoms with E-state index >= 15 is 0 Å². The maximum Gasteiger partial charge on any atom is 0.315 e. The van der Waals surface area contributed by atoms with Gasteiger partial charge in [0.2, 0.25) is 0 Å². The van der Waals surface area contributed by atoms with Gasteiger partial charge in [-0.1, -0.05) is 54.6 Å². The molecule has 0 bridgehead atoms. The van der Waals surface area contributed by atoms with Gasteiger partial charge in [0.1, 0.15) is 5.01 Å². The molecule has 27 heavy (non-hydrogen) atoms. The molecule has 0 aliphatic carbocycles. The normalized spacial score (nSPS) is 10.6. The first-order valence-electron chi connectivity index (χ1n) is 9.21. The predicted octanol–water partition coefficient (Wildman–Crippen LogP) is 4.86. The number of nitrogens with one attached hydrogen (secondary N) is 2. The number of rotatable bonds is 7. The Morgan fingerprint density at radius 2 is 1.74 bits per heavy atom. The summed E-state index contributed by atoms with van der Waals surface area (Å²) in [4.78, 5) is 17.8. The van der Waals surface area contributed by atoms with Crippen LogP contribution in [0, 0.1) is 13.8 Å². The van der Waals surface area contributed by atoms with Gasteiger partial charge >= 0.3 is 6.03 Å². The molecule has 0 fully saturated rings. The summed E-state index contributed by atoms with van der Waals surface area (Å²) >= 11 is 1.64. The molecule has 1 heterocycles. The number of urea groups is 1. The van der Waals surface area contributed by atoms with Crippen LogP contribution < -0.4 is 10.6 Å². The van der Waals surface area contributed by atoms with E-state index in [0.717, 1.165) is 34.0 Å². The smallest absolute Gasteiger partial charge is 0.315 e. The van der Waals surface area contributed by atoms with Crippen LogP contribution in [0.4, 0.5) is 4.79 Å². The van der Waals surface area contributed by atoms with Gasteiger partial charge in [0, 0.05) is 17.0 Å². The van der Waals surface area contributed by atoms with Gasteiger partial charge in [-0.25, -0.2) is 9.78 Å². The van der Waals surface area contributed by atoms with Crippen LogP contribution in [0.25, 0.3) is 10.6 Å². The molecule has 0 aliphatic rings. The van der Waals surface area contributed by atoms with E-state index in [4.69, 9.17) is 0 Å². The minimum atomic E-state index is -0.131. The topological polar surface area (TPSA) is 54.0 Å². The molecule has 1 aromatic heterocycles. The maximum absolute atomic E-state index is 12.0. The molecule has 2 N–H and O–H groups in total. The van der Waals surface area contributed by atoms with Gasteiger partial charge in [0.15, 0.2) is 0 Å². The molecule has 0 aliphatic heterocycles. The van der Waals surface area contributed by atoms with Crippen molar-refractivity contribution in [1.82, 2.24) is 15.6 Å². The number of carbonyl (C=O) groups is 1. The van der Waals surface area contributed by atoms with Gasteiger partial charge in [0.05, 0.1) is 12.2 Å². The van der Waals surface area contributed by atoms with Crippen molar-refractivity contribution in [2.24, 2.45) is 0 Å². The molecule has 0 atom stereocenters. The average molecular weight is 380 g/mol. The van der Waals surface area contributed by atoms with Crippen molar-refractivity contribution in [3.05, 3.63) is 76.3 Å². The molecule has 140 valence electrons. The largest absolute Gasteiger partial charge is 0.338 e. The van der Waals surface area contributed by atoms with E-state index in [1.807, 2.05) is 37.3 Å². The van der Waals surface area contributed by atoms with Crippen molar-refractivity contribution in [3.63, 3.8) is 0 Å². The third kappa shape index (κ3) is 5.41. The Hall–Kier alpha value is -2.66. The minimum Gasteiger partial charge on any atom is -0.338 e. The van der Waals surface area contributed by atoms with Crippen LogP contribution in [0.5, 0.6) is 0 Å². The summed E-state index contributed by atoms with van der Waals surface area (Å²) in [5.41, 5.74) is 4.63. The standard InChI is InChI=1S/C22H25N3OS/c1-16-9-6-7-13-19(16)21-25-17(2)20(27-21)15-24-22(26)23-14-8-12-18-10-4-3-5-11-18/h3-7,9-11,13H,8,12,14-15H2,1-2H3,(H2,23,24,26). The summed E-state index contributed by atoms with van der Waals surface area (Å²) in [5, 5.41) is 6.87. The fourth-order valence-corrected chi connectivity index (χ4v) is 3.97. The summed E-state index contributed by atoms with van der Waals surface area (Å²) in [6.07, 6.45) is 1.89. The fraction of sp³-hybridized carbons (Fsp3) is 0.273. The molecule has 4 nitrogen and oxygen atoms in total. The summed E-state index contributed by atoms with van der Waals surface area (Å²) in [6, 6.07) is 18.4. The van der Waals surface area contributed by atoms with Crippen molar-refractivity contribution < 1.29 is 4.79 Å². The molecule has 2 amide bonds. The lowest BCUT2D eigenvalue weighted by molar-refractivity contribution is 0.240. The molecule has 2 aromatic carbocycles. The zero-order valence-electron chi connectivity index (χ0n) is 15.8. The van der Waals surface area contributed by atoms with Crippen molar-refractivity contribution in [2.75, 3.05) is 6.54 Å². The summed E-state index contributed by atoms with van der Waals surface area (Å²) in [6.45, 7) is 5.25. The van der Waals surface area contributed by atoms with Gasteiger partial charge < -0.3 is 10.6 Å². The van der Waals surface area contributed by atoms with E-state index in [9.17, 15) is 4.79 Å². The number of carbonyl (C=O) groups excluding carboxylic acids is 1. The van der Waals surface area contributed by atoms with Gasteiger partial charge in [-0.05, 0) is 37.8 Å². The SMILES string of the molecule is Cc1ccccc1-c1nc(C)c(CNC(=O)NCCCc2ccccc2)s1. The Morgan fingerprint density at radius 1 is 1.00 bits per heavy atom. The van der Waals surface area contributed by atoms with Gasteiger partial charge in [-0.15, -0.1) is 11.3 Å². The zero-order chi connectivity index (χ0) is 19.1. The van der Waals surface area contributed by atoms with Crippen molar-refractivity contribution in [2.45, 2.75) is 33.2 Å². The lowest BCUT2D eigenvalue weighted by Crippen LogP contribution is -2.35. The molecular formula is C22H25N3OS. The van der Waals surface area contributed by atoms with Crippen LogP contribution in [0.1, 0.15) is 28.1 Å². The number of hydrogen-bond donors (Lipinski definition) is 2. The highest BCUT2D eigenvalue weighted by atomic mass is 32.1. The molecule has 0 radical (unpaired) electrons. The second-order valence-corrected chi connectivity index (χ2v) is 7.62. The number of hydrogen-bond acceptors (Lipinski definition) is 3. The van der Waals surface area contributed by atoms with Crippen molar-refractivity contribution in [1.29, 1.82) is 0 Å². The van der Waals surface area contributed by atoms with E-state index in [0.29, 0.717) is 13.1 Å². The van der Waals surface area contributed by atoms with Crippen molar-refractivity contribution >= 4 is 17.4 Å². The Labute approximate surface area is 164 Å². The third-order valence-electron chi connectivity index (χ3n) is 4.45. The van der Waals surface area contributed by atoms with E-state index in [-0.39, 0.29) is 6.03 Å². The second-order valence-electron chi connectivity index (χ2n) is 6.54. The maximum atomic E-state index is 12.0. The molecule has 0 spiro atoms. The lowest BCUT2D eigenvalue weighted by atomic mass is 10.1. The molecule has 0 saturated carbocycles. The van der Waals surface area contributed by atoms with E-state index < -0.39 is 0 Å². The van der Waals surface area contributed by atoms with E-state index in [1.165, 1.54) is 11.1 Å². The Bertz CT molecular complexity index is 890. The molecule has 0 unspecified atom stereocenters. The molecular weight excluding hydrogens is 354 g/mol. The van der Waals surface area contributed by atoms with Gasteiger partial charge in [-0.3, -0.25) is 0 Å². The highest BCUT2D eigenvalue weighted by Gasteiger charge is 2.11. The van der Waals surface area contributed by atoms with Crippen LogP contribution in [0.3, 0.4) is 0 Å².